The van der Waals surface area contributed by atoms with E-state index in [1.54, 1.807) is 24.3 Å². The van der Waals surface area contributed by atoms with Gasteiger partial charge in [0.05, 0.1) is 10.7 Å². The summed E-state index contributed by atoms with van der Waals surface area (Å²) < 4.78 is 0. The zero-order valence-corrected chi connectivity index (χ0v) is 14.6. The molecule has 0 aliphatic rings. The summed E-state index contributed by atoms with van der Waals surface area (Å²) in [5.74, 6) is -0.578. The van der Waals surface area contributed by atoms with Gasteiger partial charge in [0.15, 0.2) is 0 Å². The Bertz CT molecular complexity index is 811. The largest absolute Gasteiger partial charge is 0.386 e. The molecule has 0 bridgehead atoms. The Labute approximate surface area is 154 Å². The number of benzene rings is 2. The Morgan fingerprint density at radius 3 is 2.42 bits per heavy atom. The van der Waals surface area contributed by atoms with E-state index in [1.165, 1.54) is 12.3 Å². The molecule has 0 aromatic heterocycles. The van der Waals surface area contributed by atoms with Crippen LogP contribution in [-0.4, -0.2) is 5.91 Å². The number of hydrogen-bond donors (Lipinski definition) is 2. The molecule has 0 atom stereocenters. The van der Waals surface area contributed by atoms with E-state index in [1.807, 2.05) is 18.2 Å². The number of anilines is 1. The quantitative estimate of drug-likeness (QED) is 0.579. The predicted octanol–water partition coefficient (Wildman–Crippen LogP) is 4.78. The van der Waals surface area contributed by atoms with Crippen LogP contribution < -0.4 is 10.6 Å². The fraction of sp³-hybridized carbons (Fsp3) is 0.0588. The number of hydrogen-bond acceptors (Lipinski definition) is 3. The number of amides is 1. The van der Waals surface area contributed by atoms with Crippen LogP contribution in [0.1, 0.15) is 5.56 Å². The van der Waals surface area contributed by atoms with Gasteiger partial charge >= 0.3 is 0 Å². The van der Waals surface area contributed by atoms with Crippen molar-refractivity contribution in [3.05, 3.63) is 74.9 Å². The summed E-state index contributed by atoms with van der Waals surface area (Å²) in [6, 6.07) is 13.7. The van der Waals surface area contributed by atoms with Crippen molar-refractivity contribution in [2.75, 3.05) is 5.32 Å². The molecule has 0 saturated heterocycles. The summed E-state index contributed by atoms with van der Waals surface area (Å²) in [6.45, 7) is 0.452. The first kappa shape index (κ1) is 18.2. The topological polar surface area (TPSA) is 64.9 Å². The minimum Gasteiger partial charge on any atom is -0.386 e. The van der Waals surface area contributed by atoms with E-state index in [9.17, 15) is 4.79 Å². The smallest absolute Gasteiger partial charge is 0.267 e. The van der Waals surface area contributed by atoms with Crippen LogP contribution in [0.4, 0.5) is 5.69 Å². The highest BCUT2D eigenvalue weighted by Crippen LogP contribution is 2.25. The lowest BCUT2D eigenvalue weighted by Crippen LogP contribution is -2.16. The van der Waals surface area contributed by atoms with Gasteiger partial charge in [-0.2, -0.15) is 5.26 Å². The van der Waals surface area contributed by atoms with Crippen LogP contribution in [0.15, 0.2) is 54.2 Å². The van der Waals surface area contributed by atoms with Crippen molar-refractivity contribution in [2.24, 2.45) is 0 Å². The van der Waals surface area contributed by atoms with Crippen LogP contribution in [0.2, 0.25) is 15.1 Å². The van der Waals surface area contributed by atoms with E-state index in [0.717, 1.165) is 5.56 Å². The first-order valence-electron chi connectivity index (χ1n) is 6.84. The first-order chi connectivity index (χ1) is 11.5. The summed E-state index contributed by atoms with van der Waals surface area (Å²) in [7, 11) is 0. The van der Waals surface area contributed by atoms with Crippen molar-refractivity contribution in [1.29, 1.82) is 5.26 Å². The summed E-state index contributed by atoms with van der Waals surface area (Å²) in [5, 5.41) is 16.0. The molecule has 0 fully saturated rings. The Morgan fingerprint density at radius 1 is 1.08 bits per heavy atom. The molecule has 2 N–H and O–H groups in total. The Hall–Kier alpha value is -2.19. The second-order valence-corrected chi connectivity index (χ2v) is 6.04. The molecule has 122 valence electrons. The number of nitrogens with one attached hydrogen (secondary N) is 2. The monoisotopic (exact) mass is 379 g/mol. The summed E-state index contributed by atoms with van der Waals surface area (Å²) >= 11 is 17.7. The first-order valence-corrected chi connectivity index (χ1v) is 7.97. The molecule has 0 aliphatic carbocycles. The molecule has 0 aliphatic heterocycles. The maximum atomic E-state index is 12.1. The van der Waals surface area contributed by atoms with E-state index in [2.05, 4.69) is 10.6 Å². The molecular formula is C17H12Cl3N3O. The Kier molecular flexibility index (Phi) is 6.51. The van der Waals surface area contributed by atoms with E-state index >= 15 is 0 Å². The summed E-state index contributed by atoms with van der Waals surface area (Å²) in [4.78, 5) is 12.1. The lowest BCUT2D eigenvalue weighted by molar-refractivity contribution is -0.112. The van der Waals surface area contributed by atoms with E-state index < -0.39 is 5.91 Å². The highest BCUT2D eigenvalue weighted by atomic mass is 35.5. The highest BCUT2D eigenvalue weighted by Gasteiger charge is 2.11. The van der Waals surface area contributed by atoms with Crippen LogP contribution in [-0.2, 0) is 11.3 Å². The molecule has 0 saturated carbocycles. The number of rotatable bonds is 5. The Morgan fingerprint density at radius 2 is 1.75 bits per heavy atom. The highest BCUT2D eigenvalue weighted by molar-refractivity contribution is 6.36. The second kappa shape index (κ2) is 8.60. The van der Waals surface area contributed by atoms with Crippen molar-refractivity contribution in [1.82, 2.24) is 5.32 Å². The van der Waals surface area contributed by atoms with E-state index in [0.29, 0.717) is 27.3 Å². The molecular weight excluding hydrogens is 369 g/mol. The number of nitrogens with zero attached hydrogens (tertiary/aromatic N) is 1. The van der Waals surface area contributed by atoms with Crippen molar-refractivity contribution >= 4 is 46.4 Å². The standard InChI is InChI=1S/C17H12Cl3N3O/c18-13-3-1-11(2-4-13)9-22-10-12(8-21)17(24)23-16-7-14(19)5-6-15(16)20/h1-7,10,22H,9H2,(H,23,24)/b12-10-. The third-order valence-corrected chi connectivity index (χ3v) is 3.82. The van der Waals surface area contributed by atoms with Gasteiger partial charge in [0.25, 0.3) is 5.91 Å². The number of carbonyl (C=O) groups excluding carboxylic acids is 1. The van der Waals surface area contributed by atoms with Crippen LogP contribution in [0.3, 0.4) is 0 Å². The third-order valence-electron chi connectivity index (χ3n) is 3.01. The summed E-state index contributed by atoms with van der Waals surface area (Å²) in [6.07, 6.45) is 1.35. The van der Waals surface area contributed by atoms with Gasteiger partial charge in [-0.25, -0.2) is 0 Å². The minimum absolute atomic E-state index is 0.0833. The van der Waals surface area contributed by atoms with Crippen LogP contribution >= 0.6 is 34.8 Å². The van der Waals surface area contributed by atoms with Gasteiger partial charge in [-0.15, -0.1) is 0 Å². The third kappa shape index (κ3) is 5.17. The van der Waals surface area contributed by atoms with Gasteiger partial charge in [-0.1, -0.05) is 46.9 Å². The molecule has 7 heteroatoms. The molecule has 2 rings (SSSR count). The molecule has 0 unspecified atom stereocenters. The normalized spacial score (nSPS) is 10.8. The lowest BCUT2D eigenvalue weighted by Gasteiger charge is -2.07. The van der Waals surface area contributed by atoms with E-state index in [-0.39, 0.29) is 5.57 Å². The van der Waals surface area contributed by atoms with Gasteiger partial charge in [0.1, 0.15) is 11.6 Å². The zero-order valence-electron chi connectivity index (χ0n) is 12.3. The second-order valence-electron chi connectivity index (χ2n) is 4.76. The predicted molar refractivity (Wildman–Crippen MR) is 97.1 cm³/mol. The van der Waals surface area contributed by atoms with Gasteiger partial charge < -0.3 is 10.6 Å². The lowest BCUT2D eigenvalue weighted by atomic mass is 10.2. The SMILES string of the molecule is N#C/C(=C/NCc1ccc(Cl)cc1)C(=O)Nc1cc(Cl)ccc1Cl. The maximum absolute atomic E-state index is 12.1. The van der Waals surface area contributed by atoms with E-state index in [4.69, 9.17) is 40.1 Å². The van der Waals surface area contributed by atoms with Crippen molar-refractivity contribution in [3.8, 4) is 6.07 Å². The summed E-state index contributed by atoms with van der Waals surface area (Å²) in [5.41, 5.74) is 1.22. The molecule has 4 nitrogen and oxygen atoms in total. The molecule has 24 heavy (non-hydrogen) atoms. The average molecular weight is 381 g/mol. The average Bonchev–Trinajstić information content (AvgIpc) is 2.56. The van der Waals surface area contributed by atoms with Gasteiger partial charge in [0, 0.05) is 22.8 Å². The maximum Gasteiger partial charge on any atom is 0.267 e. The number of carbonyl (C=O) groups is 1. The van der Waals surface area contributed by atoms with Gasteiger partial charge in [-0.05, 0) is 35.9 Å². The fourth-order valence-corrected chi connectivity index (χ4v) is 2.27. The molecule has 2 aromatic rings. The number of halogens is 3. The molecule has 2 aromatic carbocycles. The molecule has 0 spiro atoms. The van der Waals surface area contributed by atoms with Crippen molar-refractivity contribution < 1.29 is 4.79 Å². The Balaban J connectivity index is 2.01. The zero-order chi connectivity index (χ0) is 17.5. The number of nitriles is 1. The van der Waals surface area contributed by atoms with Crippen LogP contribution in [0.5, 0.6) is 0 Å². The molecule has 0 radical (unpaired) electrons. The van der Waals surface area contributed by atoms with Gasteiger partial charge in [0.2, 0.25) is 0 Å². The van der Waals surface area contributed by atoms with Gasteiger partial charge in [-0.3, -0.25) is 4.79 Å². The van der Waals surface area contributed by atoms with Crippen molar-refractivity contribution in [3.63, 3.8) is 0 Å². The molecule has 1 amide bonds. The van der Waals surface area contributed by atoms with Crippen molar-refractivity contribution in [2.45, 2.75) is 6.54 Å². The van der Waals surface area contributed by atoms with Crippen LogP contribution in [0.25, 0.3) is 0 Å². The molecule has 0 heterocycles. The minimum atomic E-state index is -0.578. The fourth-order valence-electron chi connectivity index (χ4n) is 1.80. The van der Waals surface area contributed by atoms with Crippen LogP contribution in [0, 0.1) is 11.3 Å².